The maximum atomic E-state index is 12.0. The smallest absolute Gasteiger partial charge is 0.251 e. The van der Waals surface area contributed by atoms with Gasteiger partial charge in [-0.05, 0) is 47.9 Å². The van der Waals surface area contributed by atoms with Gasteiger partial charge in [-0.1, -0.05) is 26.0 Å². The number of hydrogen-bond donors (Lipinski definition) is 1. The van der Waals surface area contributed by atoms with Crippen LogP contribution < -0.4 is 14.8 Å². The molecule has 0 fully saturated rings. The first-order valence-electron chi connectivity index (χ1n) is 7.75. The molecule has 0 aromatic heterocycles. The largest absolute Gasteiger partial charge is 0.497 e. The van der Waals surface area contributed by atoms with Crippen molar-refractivity contribution in [2.75, 3.05) is 20.3 Å². The van der Waals surface area contributed by atoms with Gasteiger partial charge < -0.3 is 14.8 Å². The molecule has 0 aliphatic heterocycles. The molecule has 0 bridgehead atoms. The van der Waals surface area contributed by atoms with E-state index >= 15 is 0 Å². The second kappa shape index (κ2) is 8.22. The highest BCUT2D eigenvalue weighted by molar-refractivity contribution is 5.94. The molecular formula is C19H23NO3. The predicted molar refractivity (Wildman–Crippen MR) is 91.4 cm³/mol. The minimum absolute atomic E-state index is 0.119. The summed E-state index contributed by atoms with van der Waals surface area (Å²) in [5, 5.41) is 2.83. The van der Waals surface area contributed by atoms with Crippen LogP contribution in [0, 0.1) is 0 Å². The fraction of sp³-hybridized carbons (Fsp3) is 0.316. The summed E-state index contributed by atoms with van der Waals surface area (Å²) in [5.74, 6) is 1.93. The van der Waals surface area contributed by atoms with Gasteiger partial charge in [0.15, 0.2) is 0 Å². The maximum Gasteiger partial charge on any atom is 0.251 e. The van der Waals surface area contributed by atoms with E-state index in [-0.39, 0.29) is 5.91 Å². The van der Waals surface area contributed by atoms with Crippen LogP contribution in [-0.4, -0.2) is 26.2 Å². The standard InChI is InChI=1S/C19H23NO3/c1-14(2)15-4-10-18(11-5-15)23-13-12-20-19(21)16-6-8-17(22-3)9-7-16/h4-11,14H,12-13H2,1-3H3,(H,20,21). The predicted octanol–water partition coefficient (Wildman–Crippen LogP) is 3.63. The molecule has 4 nitrogen and oxygen atoms in total. The molecule has 0 saturated carbocycles. The summed E-state index contributed by atoms with van der Waals surface area (Å²) in [5.41, 5.74) is 1.89. The number of carbonyl (C=O) groups is 1. The van der Waals surface area contributed by atoms with Crippen molar-refractivity contribution in [1.82, 2.24) is 5.32 Å². The van der Waals surface area contributed by atoms with Crippen LogP contribution in [0.4, 0.5) is 0 Å². The second-order valence-corrected chi connectivity index (χ2v) is 5.56. The Morgan fingerprint density at radius 3 is 2.17 bits per heavy atom. The lowest BCUT2D eigenvalue weighted by Crippen LogP contribution is -2.28. The molecular weight excluding hydrogens is 290 g/mol. The Morgan fingerprint density at radius 1 is 1.00 bits per heavy atom. The highest BCUT2D eigenvalue weighted by Gasteiger charge is 2.05. The van der Waals surface area contributed by atoms with Crippen LogP contribution in [0.15, 0.2) is 48.5 Å². The topological polar surface area (TPSA) is 47.6 Å². The number of nitrogens with one attached hydrogen (secondary N) is 1. The third kappa shape index (κ3) is 5.02. The van der Waals surface area contributed by atoms with Crippen LogP contribution in [0.25, 0.3) is 0 Å². The van der Waals surface area contributed by atoms with Gasteiger partial charge in [-0.25, -0.2) is 0 Å². The molecule has 1 amide bonds. The normalized spacial score (nSPS) is 10.4. The lowest BCUT2D eigenvalue weighted by atomic mass is 10.0. The minimum atomic E-state index is -0.119. The zero-order valence-electron chi connectivity index (χ0n) is 13.8. The SMILES string of the molecule is COc1ccc(C(=O)NCCOc2ccc(C(C)C)cc2)cc1. The molecule has 4 heteroatoms. The molecule has 0 saturated heterocycles. The number of amides is 1. The van der Waals surface area contributed by atoms with Gasteiger partial charge in [-0.2, -0.15) is 0 Å². The molecule has 0 heterocycles. The van der Waals surface area contributed by atoms with Gasteiger partial charge in [-0.15, -0.1) is 0 Å². The number of benzene rings is 2. The van der Waals surface area contributed by atoms with Gasteiger partial charge in [0.25, 0.3) is 5.91 Å². The summed E-state index contributed by atoms with van der Waals surface area (Å²) >= 11 is 0. The lowest BCUT2D eigenvalue weighted by Gasteiger charge is -2.10. The average molecular weight is 313 g/mol. The maximum absolute atomic E-state index is 12.0. The van der Waals surface area contributed by atoms with E-state index in [0.717, 1.165) is 11.5 Å². The molecule has 0 aliphatic rings. The molecule has 2 aromatic rings. The molecule has 0 aliphatic carbocycles. The van der Waals surface area contributed by atoms with Gasteiger partial charge in [0, 0.05) is 5.56 Å². The van der Waals surface area contributed by atoms with Crippen LogP contribution in [0.2, 0.25) is 0 Å². The second-order valence-electron chi connectivity index (χ2n) is 5.56. The first-order chi connectivity index (χ1) is 11.1. The summed E-state index contributed by atoms with van der Waals surface area (Å²) in [4.78, 5) is 12.0. The third-order valence-corrected chi connectivity index (χ3v) is 3.56. The zero-order valence-corrected chi connectivity index (χ0v) is 13.8. The van der Waals surface area contributed by atoms with E-state index in [1.807, 2.05) is 12.1 Å². The molecule has 122 valence electrons. The number of rotatable bonds is 7. The number of ether oxygens (including phenoxy) is 2. The Morgan fingerprint density at radius 2 is 1.61 bits per heavy atom. The van der Waals surface area contributed by atoms with Crippen molar-refractivity contribution >= 4 is 5.91 Å². The summed E-state index contributed by atoms with van der Waals surface area (Å²) in [6.45, 7) is 5.20. The fourth-order valence-electron chi connectivity index (χ4n) is 2.13. The van der Waals surface area contributed by atoms with Crippen LogP contribution >= 0.6 is 0 Å². The van der Waals surface area contributed by atoms with Gasteiger partial charge in [0.05, 0.1) is 13.7 Å². The first kappa shape index (κ1) is 16.9. The van der Waals surface area contributed by atoms with Crippen LogP contribution in [0.5, 0.6) is 11.5 Å². The van der Waals surface area contributed by atoms with Crippen LogP contribution in [0.1, 0.15) is 35.7 Å². The van der Waals surface area contributed by atoms with Crippen molar-refractivity contribution in [3.05, 3.63) is 59.7 Å². The Bertz CT molecular complexity index is 618. The summed E-state index contributed by atoms with van der Waals surface area (Å²) in [7, 11) is 1.60. The average Bonchev–Trinajstić information content (AvgIpc) is 2.59. The van der Waals surface area contributed by atoms with Gasteiger partial charge in [0.1, 0.15) is 18.1 Å². The molecule has 0 radical (unpaired) electrons. The highest BCUT2D eigenvalue weighted by Crippen LogP contribution is 2.18. The van der Waals surface area contributed by atoms with E-state index in [1.165, 1.54) is 5.56 Å². The first-order valence-corrected chi connectivity index (χ1v) is 7.75. The molecule has 23 heavy (non-hydrogen) atoms. The van der Waals surface area contributed by atoms with Crippen molar-refractivity contribution in [2.45, 2.75) is 19.8 Å². The van der Waals surface area contributed by atoms with Crippen LogP contribution in [-0.2, 0) is 0 Å². The van der Waals surface area contributed by atoms with Gasteiger partial charge in [0.2, 0.25) is 0 Å². The Kier molecular flexibility index (Phi) is 6.03. The third-order valence-electron chi connectivity index (χ3n) is 3.56. The zero-order chi connectivity index (χ0) is 16.7. The van der Waals surface area contributed by atoms with Crippen LogP contribution in [0.3, 0.4) is 0 Å². The van der Waals surface area contributed by atoms with Crippen molar-refractivity contribution in [2.24, 2.45) is 0 Å². The van der Waals surface area contributed by atoms with Gasteiger partial charge >= 0.3 is 0 Å². The molecule has 0 spiro atoms. The van der Waals surface area contributed by atoms with E-state index in [1.54, 1.807) is 31.4 Å². The molecule has 1 N–H and O–H groups in total. The summed E-state index contributed by atoms with van der Waals surface area (Å²) in [6, 6.07) is 15.1. The monoisotopic (exact) mass is 313 g/mol. The van der Waals surface area contributed by atoms with E-state index in [9.17, 15) is 4.79 Å². The van der Waals surface area contributed by atoms with Gasteiger partial charge in [-0.3, -0.25) is 4.79 Å². The molecule has 0 atom stereocenters. The lowest BCUT2D eigenvalue weighted by molar-refractivity contribution is 0.0947. The fourth-order valence-corrected chi connectivity index (χ4v) is 2.13. The quantitative estimate of drug-likeness (QED) is 0.794. The molecule has 2 rings (SSSR count). The summed E-state index contributed by atoms with van der Waals surface area (Å²) < 4.78 is 10.7. The highest BCUT2D eigenvalue weighted by atomic mass is 16.5. The van der Waals surface area contributed by atoms with Crippen molar-refractivity contribution in [3.8, 4) is 11.5 Å². The molecule has 2 aromatic carbocycles. The minimum Gasteiger partial charge on any atom is -0.497 e. The van der Waals surface area contributed by atoms with E-state index < -0.39 is 0 Å². The van der Waals surface area contributed by atoms with E-state index in [4.69, 9.17) is 9.47 Å². The Labute approximate surface area is 137 Å². The van der Waals surface area contributed by atoms with Crippen molar-refractivity contribution in [3.63, 3.8) is 0 Å². The Balaban J connectivity index is 1.74. The number of carbonyl (C=O) groups excluding carboxylic acids is 1. The van der Waals surface area contributed by atoms with Crippen molar-refractivity contribution < 1.29 is 14.3 Å². The van der Waals surface area contributed by atoms with E-state index in [2.05, 4.69) is 31.3 Å². The van der Waals surface area contributed by atoms with E-state index in [0.29, 0.717) is 24.6 Å². The summed E-state index contributed by atoms with van der Waals surface area (Å²) in [6.07, 6.45) is 0. The molecule has 0 unspecified atom stereocenters. The van der Waals surface area contributed by atoms with Crippen molar-refractivity contribution in [1.29, 1.82) is 0 Å². The Hall–Kier alpha value is -2.49. The number of hydrogen-bond acceptors (Lipinski definition) is 3. The number of methoxy groups -OCH3 is 1.